The summed E-state index contributed by atoms with van der Waals surface area (Å²) < 4.78 is 32.3. The van der Waals surface area contributed by atoms with Crippen molar-refractivity contribution in [1.29, 1.82) is 0 Å². The van der Waals surface area contributed by atoms with Gasteiger partial charge in [-0.1, -0.05) is 42.5 Å². The van der Waals surface area contributed by atoms with Gasteiger partial charge in [-0.2, -0.15) is 4.31 Å². The van der Waals surface area contributed by atoms with Crippen LogP contribution in [0.15, 0.2) is 53.6 Å². The van der Waals surface area contributed by atoms with Crippen LogP contribution < -0.4 is 4.74 Å². The number of para-hydroxylation sites is 1. The maximum atomic E-state index is 11.7. The number of ether oxygens (including phenoxy) is 1. The van der Waals surface area contributed by atoms with Gasteiger partial charge in [-0.15, -0.1) is 15.9 Å². The first-order valence-corrected chi connectivity index (χ1v) is 14.2. The summed E-state index contributed by atoms with van der Waals surface area (Å²) in [6, 6.07) is 13.1. The summed E-state index contributed by atoms with van der Waals surface area (Å²) in [6.07, 6.45) is 3.68. The number of nitrogens with zero attached hydrogens (tertiary/aromatic N) is 4. The number of rotatable bonds is 10. The number of carboxylic acids is 1. The molecule has 0 saturated heterocycles. The van der Waals surface area contributed by atoms with E-state index in [9.17, 15) is 19.0 Å². The molecule has 10 heteroatoms. The van der Waals surface area contributed by atoms with Crippen molar-refractivity contribution in [2.24, 2.45) is 0 Å². The zero-order chi connectivity index (χ0) is 26.6. The van der Waals surface area contributed by atoms with Crippen LogP contribution in [0, 0.1) is 6.92 Å². The molecule has 0 amide bonds. The second kappa shape index (κ2) is 11.6. The number of hydrogen-bond donors (Lipinski definition) is 3. The summed E-state index contributed by atoms with van der Waals surface area (Å²) >= 11 is 0. The summed E-state index contributed by atoms with van der Waals surface area (Å²) in [7, 11) is -3.28. The number of aliphatic carboxylic acids is 1. The Kier molecular flexibility index (Phi) is 8.53. The van der Waals surface area contributed by atoms with Gasteiger partial charge in [-0.25, -0.2) is 0 Å². The maximum Gasteiger partial charge on any atom is 0.303 e. The lowest BCUT2D eigenvalue weighted by Gasteiger charge is -2.42. The smallest absolute Gasteiger partial charge is 0.303 e. The van der Waals surface area contributed by atoms with E-state index in [1.54, 1.807) is 27.2 Å². The fourth-order valence-corrected chi connectivity index (χ4v) is 6.28. The highest BCUT2D eigenvalue weighted by Crippen LogP contribution is 2.57. The molecule has 0 spiro atoms. The van der Waals surface area contributed by atoms with Gasteiger partial charge >= 0.3 is 5.97 Å². The number of aryl methyl sites for hydroxylation is 3. The molecule has 1 aromatic heterocycles. The minimum atomic E-state index is -3.28. The Bertz CT molecular complexity index is 1230. The van der Waals surface area contributed by atoms with Crippen LogP contribution >= 0.6 is 10.8 Å². The van der Waals surface area contributed by atoms with E-state index in [1.165, 1.54) is 0 Å². The summed E-state index contributed by atoms with van der Waals surface area (Å²) in [5, 5.41) is 17.9. The van der Waals surface area contributed by atoms with Crippen molar-refractivity contribution >= 4 is 16.7 Å². The van der Waals surface area contributed by atoms with E-state index in [0.29, 0.717) is 36.6 Å². The van der Waals surface area contributed by atoms with Crippen molar-refractivity contribution in [2.75, 3.05) is 6.54 Å². The summed E-state index contributed by atoms with van der Waals surface area (Å²) in [6.45, 7) is 7.40. The highest BCUT2D eigenvalue weighted by molar-refractivity contribution is 8.22. The number of fused-ring (bicyclic) bond motifs is 1. The van der Waals surface area contributed by atoms with Crippen LogP contribution in [-0.4, -0.2) is 52.1 Å². The Balaban J connectivity index is 1.60. The molecule has 3 aromatic rings. The van der Waals surface area contributed by atoms with E-state index in [1.807, 2.05) is 51.2 Å². The lowest BCUT2D eigenvalue weighted by molar-refractivity contribution is -0.137. The number of carbonyl (C=O) groups is 1. The van der Waals surface area contributed by atoms with Gasteiger partial charge in [0.2, 0.25) is 0 Å². The summed E-state index contributed by atoms with van der Waals surface area (Å²) in [5.41, 5.74) is 3.69. The molecule has 2 heterocycles. The largest absolute Gasteiger partial charge is 0.487 e. The average molecular weight is 529 g/mol. The molecule has 0 saturated carbocycles. The molecule has 3 N–H and O–H groups in total. The second-order valence-corrected chi connectivity index (χ2v) is 11.5. The number of hydrogen-bond acceptors (Lipinski definition) is 7. The minimum Gasteiger partial charge on any atom is -0.487 e. The van der Waals surface area contributed by atoms with Crippen molar-refractivity contribution in [2.45, 2.75) is 76.5 Å². The fourth-order valence-electron chi connectivity index (χ4n) is 4.66. The van der Waals surface area contributed by atoms with Gasteiger partial charge in [0.1, 0.15) is 16.7 Å². The first-order chi connectivity index (χ1) is 17.7. The van der Waals surface area contributed by atoms with Gasteiger partial charge in [0.05, 0.1) is 18.7 Å². The number of carboxylic acid groups (broad SMARTS) is 1. The van der Waals surface area contributed by atoms with E-state index in [-0.39, 0.29) is 18.4 Å². The lowest BCUT2D eigenvalue weighted by Crippen LogP contribution is -2.34. The Morgan fingerprint density at radius 1 is 1.22 bits per heavy atom. The summed E-state index contributed by atoms with van der Waals surface area (Å²) in [4.78, 5) is 12.1. The SMILES string of the molecule is CC[C@@H]1CN(Cc2cc(C(CCc3cn(CC)nn3)CC(=O)O)ccc2C)S(O)(O)c2ccccc2O1. The molecule has 1 aliphatic heterocycles. The first kappa shape index (κ1) is 27.1. The third kappa shape index (κ3) is 6.32. The normalized spacial score (nSPS) is 18.9. The molecule has 0 radical (unpaired) electrons. The monoisotopic (exact) mass is 528 g/mol. The van der Waals surface area contributed by atoms with E-state index < -0.39 is 16.7 Å². The second-order valence-electron chi connectivity index (χ2n) is 9.52. The molecular weight excluding hydrogens is 492 g/mol. The van der Waals surface area contributed by atoms with Gasteiger partial charge in [-0.3, -0.25) is 18.6 Å². The molecule has 200 valence electrons. The van der Waals surface area contributed by atoms with Gasteiger partial charge in [0, 0.05) is 19.3 Å². The molecule has 1 unspecified atom stereocenters. The molecule has 0 aliphatic carbocycles. The van der Waals surface area contributed by atoms with Crippen LogP contribution in [0.4, 0.5) is 0 Å². The van der Waals surface area contributed by atoms with E-state index in [0.717, 1.165) is 35.3 Å². The van der Waals surface area contributed by atoms with E-state index in [2.05, 4.69) is 10.3 Å². The van der Waals surface area contributed by atoms with Crippen molar-refractivity contribution in [1.82, 2.24) is 19.3 Å². The molecule has 0 bridgehead atoms. The third-order valence-corrected chi connectivity index (χ3v) is 8.86. The van der Waals surface area contributed by atoms with Crippen molar-refractivity contribution in [3.63, 3.8) is 0 Å². The summed E-state index contributed by atoms with van der Waals surface area (Å²) in [5.74, 6) is -0.560. The molecule has 0 fully saturated rings. The number of benzene rings is 2. The fraction of sp³-hybridized carbons (Fsp3) is 0.444. The topological polar surface area (TPSA) is 121 Å². The van der Waals surface area contributed by atoms with E-state index >= 15 is 0 Å². The number of aromatic nitrogens is 3. The maximum absolute atomic E-state index is 11.7. The third-order valence-electron chi connectivity index (χ3n) is 6.93. The highest BCUT2D eigenvalue weighted by atomic mass is 32.3. The van der Waals surface area contributed by atoms with Gasteiger partial charge in [0.25, 0.3) is 0 Å². The molecule has 4 rings (SSSR count). The molecule has 2 atom stereocenters. The van der Waals surface area contributed by atoms with Crippen LogP contribution in [0.2, 0.25) is 0 Å². The van der Waals surface area contributed by atoms with Crippen LogP contribution in [0.25, 0.3) is 0 Å². The lowest BCUT2D eigenvalue weighted by atomic mass is 9.88. The Labute approximate surface area is 219 Å². The predicted octanol–water partition coefficient (Wildman–Crippen LogP) is 5.50. The van der Waals surface area contributed by atoms with Gasteiger partial charge in [-0.05, 0) is 67.9 Å². The quantitative estimate of drug-likeness (QED) is 0.316. The van der Waals surface area contributed by atoms with Crippen molar-refractivity contribution in [3.8, 4) is 5.75 Å². The van der Waals surface area contributed by atoms with Crippen LogP contribution in [0.5, 0.6) is 5.75 Å². The highest BCUT2D eigenvalue weighted by Gasteiger charge is 2.34. The first-order valence-electron chi connectivity index (χ1n) is 12.7. The Morgan fingerprint density at radius 2 is 2.00 bits per heavy atom. The molecule has 9 nitrogen and oxygen atoms in total. The Morgan fingerprint density at radius 3 is 2.70 bits per heavy atom. The van der Waals surface area contributed by atoms with Crippen LogP contribution in [-0.2, 0) is 24.3 Å². The van der Waals surface area contributed by atoms with E-state index in [4.69, 9.17) is 4.74 Å². The molecule has 2 aromatic carbocycles. The average Bonchev–Trinajstić information content (AvgIpc) is 3.31. The predicted molar refractivity (Wildman–Crippen MR) is 143 cm³/mol. The zero-order valence-corrected chi connectivity index (χ0v) is 22.4. The van der Waals surface area contributed by atoms with Crippen molar-refractivity contribution in [3.05, 3.63) is 71.0 Å². The van der Waals surface area contributed by atoms with Gasteiger partial charge in [0.15, 0.2) is 0 Å². The minimum absolute atomic E-state index is 0.00242. The van der Waals surface area contributed by atoms with Crippen LogP contribution in [0.1, 0.15) is 61.4 Å². The Hall–Kier alpha value is -2.92. The molecule has 1 aliphatic rings. The van der Waals surface area contributed by atoms with Gasteiger partial charge < -0.3 is 9.84 Å². The molecular formula is C27H36N4O5S. The standard InChI is InChI=1S/C27H36N4O5S/c1-4-24-18-31(37(34,35)26-9-7-6-8-25(26)36-24)16-22-14-20(11-10-19(22)3)21(15-27(32)33)12-13-23-17-30(5-2)29-28-23/h6-11,14,17,21,24,34-35H,4-5,12-13,15-16,18H2,1-3H3,(H,32,33)/t21?,24-/m1/s1. The van der Waals surface area contributed by atoms with Crippen molar-refractivity contribution < 1.29 is 23.7 Å². The molecule has 37 heavy (non-hydrogen) atoms. The zero-order valence-electron chi connectivity index (χ0n) is 21.6. The van der Waals surface area contributed by atoms with Crippen LogP contribution in [0.3, 0.4) is 0 Å².